The number of nitrogens with two attached hydrogens (primary N) is 1. The predicted molar refractivity (Wildman–Crippen MR) is 219 cm³/mol. The Morgan fingerprint density at radius 1 is 0.793 bits per heavy atom. The van der Waals surface area contributed by atoms with Gasteiger partial charge in [0, 0.05) is 73.2 Å². The van der Waals surface area contributed by atoms with E-state index < -0.39 is 5.82 Å². The Morgan fingerprint density at radius 2 is 1.57 bits per heavy atom. The number of hydrogen-bond acceptors (Lipinski definition) is 12. The quantitative estimate of drug-likeness (QED) is 0.209. The smallest absolute Gasteiger partial charge is 0.249 e. The number of phenolic OH excluding ortho intramolecular Hbond substituents is 1. The van der Waals surface area contributed by atoms with E-state index in [0.29, 0.717) is 42.2 Å². The van der Waals surface area contributed by atoms with Crippen LogP contribution in [0.25, 0.3) is 11.3 Å². The number of aromatic hydroxyl groups is 1. The fourth-order valence-corrected chi connectivity index (χ4v) is 11.1. The fourth-order valence-electron chi connectivity index (χ4n) is 11.1. The maximum absolute atomic E-state index is 14.1. The maximum atomic E-state index is 14.1. The first-order chi connectivity index (χ1) is 28.3. The van der Waals surface area contributed by atoms with E-state index in [9.17, 15) is 19.1 Å². The number of carbonyl (C=O) groups is 2. The Morgan fingerprint density at radius 3 is 2.34 bits per heavy atom. The molecule has 0 radical (unpaired) electrons. The number of phenols is 1. The van der Waals surface area contributed by atoms with Gasteiger partial charge in [-0.05, 0) is 131 Å². The van der Waals surface area contributed by atoms with Crippen molar-refractivity contribution in [2.45, 2.75) is 107 Å². The first-order valence-corrected chi connectivity index (χ1v) is 21.2. The van der Waals surface area contributed by atoms with Gasteiger partial charge >= 0.3 is 0 Å². The number of piperidine rings is 2. The van der Waals surface area contributed by atoms with Gasteiger partial charge in [-0.25, -0.2) is 14.4 Å². The lowest BCUT2D eigenvalue weighted by molar-refractivity contribution is -0.134. The standard InChI is InChI=1S/C44H51FN10O3/c45-28-6-12-40(56)34(22-28)36-23-39(42(46)51-50-36)53-24-30-9-10-31(25-53)55(30)44-47-18-14-35(48-44)27-15-19-52(20-16-27)29-7-4-26(5-8-29)32-2-1-3-37-33(32)17-21-54(37)38-11-13-41(57)49-43(38)58/h1-3,6,12,14,18,22-23,26-27,29-31,38,56H,4-5,7-11,13,15-17,19-21,24-25H2,(H2,46,51)(H,49,57,58)/t26?,29?,30-,31+,38?. The second kappa shape index (κ2) is 15.1. The third-order valence-electron chi connectivity index (χ3n) is 14.0. The number of nitrogens with zero attached hydrogens (tertiary/aromatic N) is 8. The van der Waals surface area contributed by atoms with Gasteiger partial charge in [-0.1, -0.05) is 12.1 Å². The number of aromatic nitrogens is 4. The number of rotatable bonds is 7. The lowest BCUT2D eigenvalue weighted by atomic mass is 9.78. The summed E-state index contributed by atoms with van der Waals surface area (Å²) in [6, 6.07) is 15.1. The zero-order valence-corrected chi connectivity index (χ0v) is 32.8. The lowest BCUT2D eigenvalue weighted by Gasteiger charge is -2.42. The monoisotopic (exact) mass is 786 g/mol. The van der Waals surface area contributed by atoms with E-state index in [4.69, 9.17) is 15.7 Å². The number of imide groups is 1. The van der Waals surface area contributed by atoms with Gasteiger partial charge in [0.1, 0.15) is 17.6 Å². The summed E-state index contributed by atoms with van der Waals surface area (Å²) in [7, 11) is 0. The van der Waals surface area contributed by atoms with Crippen LogP contribution in [0.1, 0.15) is 92.9 Å². The number of nitrogens with one attached hydrogen (secondary N) is 1. The predicted octanol–water partition coefficient (Wildman–Crippen LogP) is 5.29. The molecule has 3 atom stereocenters. The summed E-state index contributed by atoms with van der Waals surface area (Å²) in [5.41, 5.74) is 13.0. The molecule has 1 aliphatic carbocycles. The highest BCUT2D eigenvalue weighted by atomic mass is 19.1. The molecule has 6 aliphatic rings. The molecule has 2 aromatic heterocycles. The van der Waals surface area contributed by atoms with E-state index in [1.165, 1.54) is 60.7 Å². The minimum absolute atomic E-state index is 0.0588. The third-order valence-corrected chi connectivity index (χ3v) is 14.0. The molecule has 1 saturated carbocycles. The fraction of sp³-hybridized carbons (Fsp3) is 0.500. The molecule has 5 aliphatic heterocycles. The molecule has 14 heteroatoms. The third kappa shape index (κ3) is 6.78. The zero-order chi connectivity index (χ0) is 39.5. The van der Waals surface area contributed by atoms with Gasteiger partial charge in [0.05, 0.1) is 11.4 Å². The highest BCUT2D eigenvalue weighted by Crippen LogP contribution is 2.44. The van der Waals surface area contributed by atoms with Crippen molar-refractivity contribution in [2.75, 3.05) is 53.2 Å². The minimum Gasteiger partial charge on any atom is -0.507 e. The molecule has 5 fully saturated rings. The Hall–Kier alpha value is -5.37. The molecule has 0 spiro atoms. The van der Waals surface area contributed by atoms with E-state index in [1.54, 1.807) is 6.07 Å². The lowest BCUT2D eigenvalue weighted by Crippen LogP contribution is -2.54. The number of anilines is 4. The van der Waals surface area contributed by atoms with Gasteiger partial charge in [-0.3, -0.25) is 14.9 Å². The highest BCUT2D eigenvalue weighted by molar-refractivity contribution is 6.02. The first-order valence-electron chi connectivity index (χ1n) is 21.2. The number of likely N-dealkylation sites (tertiary alicyclic amines) is 1. The molecule has 13 nitrogen and oxygen atoms in total. The van der Waals surface area contributed by atoms with E-state index in [0.717, 1.165) is 82.2 Å². The van der Waals surface area contributed by atoms with Gasteiger partial charge < -0.3 is 30.4 Å². The summed E-state index contributed by atoms with van der Waals surface area (Å²) in [5, 5.41) is 21.3. The zero-order valence-electron chi connectivity index (χ0n) is 32.8. The second-order valence-corrected chi connectivity index (χ2v) is 17.2. The SMILES string of the molecule is Nc1nnc(-c2cc(F)ccc2O)cc1N1C[C@H]2CC[C@@H](C1)N2c1nccc(C2CCN(C3CCC(c4cccc5c4CCN5C4CCC(=O)NC4=O)CC3)CC2)n1. The Bertz CT molecular complexity index is 2210. The number of halogens is 1. The Kier molecular flexibility index (Phi) is 9.61. The number of fused-ring (bicyclic) bond motifs is 3. The summed E-state index contributed by atoms with van der Waals surface area (Å²) in [5.74, 6) is 1.24. The van der Waals surface area contributed by atoms with Crippen molar-refractivity contribution >= 4 is 35.0 Å². The van der Waals surface area contributed by atoms with Crippen LogP contribution in [-0.4, -0.2) is 98.9 Å². The Labute approximate surface area is 337 Å². The molecule has 58 heavy (non-hydrogen) atoms. The van der Waals surface area contributed by atoms with Gasteiger partial charge in [0.25, 0.3) is 0 Å². The molecule has 7 heterocycles. The Balaban J connectivity index is 0.751. The molecule has 4 aromatic rings. The normalized spacial score (nSPS) is 26.6. The average molecular weight is 787 g/mol. The van der Waals surface area contributed by atoms with Crippen LogP contribution >= 0.6 is 0 Å². The van der Waals surface area contributed by atoms with Crippen molar-refractivity contribution in [1.82, 2.24) is 30.4 Å². The number of amides is 2. The van der Waals surface area contributed by atoms with Crippen LogP contribution < -0.4 is 25.8 Å². The van der Waals surface area contributed by atoms with Crippen molar-refractivity contribution in [3.05, 3.63) is 77.4 Å². The van der Waals surface area contributed by atoms with Crippen LogP contribution in [0.4, 0.5) is 27.5 Å². The van der Waals surface area contributed by atoms with Crippen LogP contribution in [0.5, 0.6) is 5.75 Å². The number of hydrogen-bond donors (Lipinski definition) is 3. The number of benzene rings is 2. The van der Waals surface area contributed by atoms with E-state index in [1.807, 2.05) is 6.20 Å². The summed E-state index contributed by atoms with van der Waals surface area (Å²) in [6.07, 6.45) is 12.9. The van der Waals surface area contributed by atoms with Crippen LogP contribution in [0, 0.1) is 5.82 Å². The largest absolute Gasteiger partial charge is 0.507 e. The van der Waals surface area contributed by atoms with E-state index in [-0.39, 0.29) is 41.3 Å². The first kappa shape index (κ1) is 36.9. The van der Waals surface area contributed by atoms with Crippen molar-refractivity contribution in [3.8, 4) is 17.0 Å². The average Bonchev–Trinajstić information content (AvgIpc) is 3.79. The molecule has 10 rings (SSSR count). The van der Waals surface area contributed by atoms with Crippen molar-refractivity contribution < 1.29 is 19.1 Å². The van der Waals surface area contributed by atoms with Crippen LogP contribution in [0.2, 0.25) is 0 Å². The van der Waals surface area contributed by atoms with Crippen molar-refractivity contribution in [1.29, 1.82) is 0 Å². The molecule has 2 bridgehead atoms. The van der Waals surface area contributed by atoms with E-state index in [2.05, 4.69) is 59.4 Å². The molecule has 2 aromatic carbocycles. The molecule has 1 unspecified atom stereocenters. The molecular formula is C44H51FN10O3. The molecular weight excluding hydrogens is 736 g/mol. The van der Waals surface area contributed by atoms with Crippen LogP contribution in [-0.2, 0) is 16.0 Å². The summed E-state index contributed by atoms with van der Waals surface area (Å²) in [6.45, 7) is 4.46. The molecule has 302 valence electrons. The van der Waals surface area contributed by atoms with Crippen LogP contribution in [0.15, 0.2) is 54.7 Å². The number of nitrogen functional groups attached to an aromatic ring is 1. The minimum atomic E-state index is -0.457. The van der Waals surface area contributed by atoms with Crippen molar-refractivity contribution in [3.63, 3.8) is 0 Å². The summed E-state index contributed by atoms with van der Waals surface area (Å²) in [4.78, 5) is 44.1. The van der Waals surface area contributed by atoms with Gasteiger partial charge in [-0.2, -0.15) is 0 Å². The van der Waals surface area contributed by atoms with Gasteiger partial charge in [0.2, 0.25) is 17.8 Å². The van der Waals surface area contributed by atoms with Gasteiger partial charge in [0.15, 0.2) is 5.82 Å². The molecule has 2 amide bonds. The molecule has 4 saturated heterocycles. The number of piperazine rings is 1. The van der Waals surface area contributed by atoms with Crippen molar-refractivity contribution in [2.24, 2.45) is 0 Å². The molecule has 4 N–H and O–H groups in total. The topological polar surface area (TPSA) is 157 Å². The number of carbonyl (C=O) groups excluding carboxylic acids is 2. The summed E-state index contributed by atoms with van der Waals surface area (Å²) >= 11 is 0. The maximum Gasteiger partial charge on any atom is 0.249 e. The summed E-state index contributed by atoms with van der Waals surface area (Å²) < 4.78 is 14.1. The van der Waals surface area contributed by atoms with Gasteiger partial charge in [-0.15, -0.1) is 10.2 Å². The van der Waals surface area contributed by atoms with Crippen LogP contribution in [0.3, 0.4) is 0 Å². The highest BCUT2D eigenvalue weighted by Gasteiger charge is 2.43. The van der Waals surface area contributed by atoms with E-state index >= 15 is 0 Å². The second-order valence-electron chi connectivity index (χ2n) is 17.2.